The van der Waals surface area contributed by atoms with Gasteiger partial charge in [0.15, 0.2) is 0 Å². The summed E-state index contributed by atoms with van der Waals surface area (Å²) in [5.41, 5.74) is 24.5. The molecule has 0 aliphatic heterocycles. The lowest BCUT2D eigenvalue weighted by atomic mass is 9.77. The Kier molecular flexibility index (Phi) is 13.6. The van der Waals surface area contributed by atoms with Crippen molar-refractivity contribution in [3.63, 3.8) is 0 Å². The summed E-state index contributed by atoms with van der Waals surface area (Å²) >= 11 is 0. The third-order valence-corrected chi connectivity index (χ3v) is 16.1. The fraction of sp³-hybridized carbons (Fsp3) is 0.533. The standard InChI is InChI=1S/C60H84Si/c1-19-21-39-31-51-49(25-23-47(37(3)4)55(51)41-27-43(57(7,8)9)33-44(28-41)58(10,11)12)53(39)35-61-36-54-40(22-20-2)32-52-50(54)26-24-48(38(5)6)56(52)42-29-45(59(13,14)15)34-46(30-42)60(16,17)18/h23-34,37-38,53-54H,19-22,35-36,61H2,1-18H3. The van der Waals surface area contributed by atoms with Gasteiger partial charge in [-0.15, -0.1) is 0 Å². The molecule has 0 aromatic heterocycles. The molecule has 0 bridgehead atoms. The topological polar surface area (TPSA) is 0 Å². The first kappa shape index (κ1) is 47.1. The molecule has 2 aliphatic carbocycles. The fourth-order valence-electron chi connectivity index (χ4n) is 10.4. The Bertz CT molecular complexity index is 2060. The number of hydrogen-bond acceptors (Lipinski definition) is 0. The van der Waals surface area contributed by atoms with Crippen LogP contribution in [0.3, 0.4) is 0 Å². The quantitative estimate of drug-likeness (QED) is 0.125. The molecule has 0 amide bonds. The van der Waals surface area contributed by atoms with Crippen molar-refractivity contribution in [2.24, 2.45) is 0 Å². The molecule has 2 unspecified atom stereocenters. The molecule has 0 saturated carbocycles. The van der Waals surface area contributed by atoms with Crippen molar-refractivity contribution in [2.45, 2.75) is 208 Å². The van der Waals surface area contributed by atoms with Crippen LogP contribution in [0.1, 0.15) is 230 Å². The highest BCUT2D eigenvalue weighted by Crippen LogP contribution is 2.51. The summed E-state index contributed by atoms with van der Waals surface area (Å²) in [7, 11) is -0.407. The SMILES string of the molecule is CCCC1=Cc2c(ccc(C(C)C)c2-c2cc(C(C)(C)C)cc(C(C)(C)C)c2)C1C[SiH2]CC1C(CCC)=Cc2c1ccc(C(C)C)c2-c1cc(C(C)(C)C)cc(C(C)(C)C)c1. The first-order chi connectivity index (χ1) is 28.3. The van der Waals surface area contributed by atoms with Crippen LogP contribution in [0.2, 0.25) is 12.1 Å². The third-order valence-electron chi connectivity index (χ3n) is 14.1. The minimum absolute atomic E-state index is 0.0795. The molecule has 0 N–H and O–H groups in total. The second kappa shape index (κ2) is 17.6. The van der Waals surface area contributed by atoms with Crippen molar-refractivity contribution in [1.29, 1.82) is 0 Å². The Labute approximate surface area is 377 Å². The molecule has 0 saturated heterocycles. The predicted molar refractivity (Wildman–Crippen MR) is 276 cm³/mol. The van der Waals surface area contributed by atoms with Gasteiger partial charge in [-0.25, -0.2) is 0 Å². The first-order valence-corrected chi connectivity index (χ1v) is 26.4. The Hall–Kier alpha value is -3.42. The Balaban J connectivity index is 1.41. The van der Waals surface area contributed by atoms with Crippen LogP contribution in [0.15, 0.2) is 71.8 Å². The Morgan fingerprint density at radius 1 is 0.459 bits per heavy atom. The maximum atomic E-state index is 2.67. The van der Waals surface area contributed by atoms with Crippen LogP contribution < -0.4 is 0 Å². The van der Waals surface area contributed by atoms with Crippen molar-refractivity contribution < 1.29 is 0 Å². The van der Waals surface area contributed by atoms with E-state index in [1.54, 1.807) is 22.3 Å². The van der Waals surface area contributed by atoms with Crippen molar-refractivity contribution in [2.75, 3.05) is 0 Å². The van der Waals surface area contributed by atoms with E-state index in [9.17, 15) is 0 Å². The van der Waals surface area contributed by atoms with Gasteiger partial charge in [0.25, 0.3) is 0 Å². The summed E-state index contributed by atoms with van der Waals surface area (Å²) in [5.74, 6) is 2.00. The van der Waals surface area contributed by atoms with Crippen LogP contribution in [0.4, 0.5) is 0 Å². The zero-order valence-electron chi connectivity index (χ0n) is 42.2. The Morgan fingerprint density at radius 2 is 0.770 bits per heavy atom. The van der Waals surface area contributed by atoms with E-state index in [1.165, 1.54) is 105 Å². The van der Waals surface area contributed by atoms with Crippen LogP contribution in [0, 0.1) is 0 Å². The highest BCUT2D eigenvalue weighted by molar-refractivity contribution is 6.36. The minimum atomic E-state index is -0.407. The van der Waals surface area contributed by atoms with Gasteiger partial charge in [0.1, 0.15) is 0 Å². The van der Waals surface area contributed by atoms with Crippen LogP contribution >= 0.6 is 0 Å². The molecule has 4 aromatic rings. The zero-order valence-corrected chi connectivity index (χ0v) is 43.6. The number of allylic oxidation sites excluding steroid dienone is 2. The maximum Gasteiger partial charge on any atom is 0.0218 e. The average molecular weight is 833 g/mol. The van der Waals surface area contributed by atoms with E-state index in [0.717, 1.165) is 0 Å². The van der Waals surface area contributed by atoms with Crippen molar-refractivity contribution in [3.8, 4) is 22.3 Å². The molecule has 0 heterocycles. The minimum Gasteiger partial charge on any atom is -0.0651 e. The summed E-state index contributed by atoms with van der Waals surface area (Å²) in [5, 5.41) is 0. The molecule has 0 spiro atoms. The van der Waals surface area contributed by atoms with Gasteiger partial charge in [0, 0.05) is 21.4 Å². The van der Waals surface area contributed by atoms with Gasteiger partial charge in [-0.1, -0.05) is 234 Å². The summed E-state index contributed by atoms with van der Waals surface area (Å²) in [4.78, 5) is 0. The van der Waals surface area contributed by atoms with Gasteiger partial charge in [-0.3, -0.25) is 0 Å². The third kappa shape index (κ3) is 9.88. The summed E-state index contributed by atoms with van der Waals surface area (Å²) in [6, 6.07) is 27.9. The second-order valence-corrected chi connectivity index (χ2v) is 25.8. The number of fused-ring (bicyclic) bond motifs is 2. The highest BCUT2D eigenvalue weighted by Gasteiger charge is 2.33. The van der Waals surface area contributed by atoms with Crippen LogP contribution in [-0.2, 0) is 21.7 Å². The van der Waals surface area contributed by atoms with E-state index in [0.29, 0.717) is 23.7 Å². The molecule has 328 valence electrons. The van der Waals surface area contributed by atoms with Crippen LogP contribution in [0.25, 0.3) is 34.4 Å². The van der Waals surface area contributed by atoms with E-state index in [2.05, 4.69) is 197 Å². The molecule has 2 aliphatic rings. The number of benzene rings is 4. The van der Waals surface area contributed by atoms with E-state index in [4.69, 9.17) is 0 Å². The fourth-order valence-corrected chi connectivity index (χ4v) is 12.8. The molecule has 0 nitrogen and oxygen atoms in total. The normalized spacial score (nSPS) is 17.2. The molecule has 4 aromatic carbocycles. The molecule has 2 atom stereocenters. The van der Waals surface area contributed by atoms with Gasteiger partial charge < -0.3 is 0 Å². The van der Waals surface area contributed by atoms with E-state index in [1.807, 2.05) is 0 Å². The van der Waals surface area contributed by atoms with E-state index >= 15 is 0 Å². The molecule has 0 radical (unpaired) electrons. The summed E-state index contributed by atoms with van der Waals surface area (Å²) in [6.07, 6.45) is 10.1. The van der Waals surface area contributed by atoms with E-state index in [-0.39, 0.29) is 21.7 Å². The predicted octanol–water partition coefficient (Wildman–Crippen LogP) is 17.7. The summed E-state index contributed by atoms with van der Waals surface area (Å²) < 4.78 is 0. The number of hydrogen-bond donors (Lipinski definition) is 0. The first-order valence-electron chi connectivity index (χ1n) is 24.4. The Morgan fingerprint density at radius 3 is 1.03 bits per heavy atom. The lowest BCUT2D eigenvalue weighted by molar-refractivity contribution is 0.568. The molecular formula is C60H84Si. The van der Waals surface area contributed by atoms with Gasteiger partial charge in [0.05, 0.1) is 0 Å². The molecular weight excluding hydrogens is 749 g/mol. The molecule has 0 fully saturated rings. The van der Waals surface area contributed by atoms with E-state index < -0.39 is 9.52 Å². The van der Waals surface area contributed by atoms with Crippen LogP contribution in [-0.4, -0.2) is 9.52 Å². The van der Waals surface area contributed by atoms with Crippen molar-refractivity contribution in [3.05, 3.63) is 127 Å². The lowest BCUT2D eigenvalue weighted by Gasteiger charge is -2.28. The molecule has 61 heavy (non-hydrogen) atoms. The van der Waals surface area contributed by atoms with Gasteiger partial charge >= 0.3 is 0 Å². The second-order valence-electron chi connectivity index (χ2n) is 23.9. The van der Waals surface area contributed by atoms with Crippen LogP contribution in [0.5, 0.6) is 0 Å². The average Bonchev–Trinajstić information content (AvgIpc) is 3.69. The summed E-state index contributed by atoms with van der Waals surface area (Å²) in [6.45, 7) is 42.8. The molecule has 1 heteroatoms. The van der Waals surface area contributed by atoms with Gasteiger partial charge in [-0.2, -0.15) is 0 Å². The zero-order chi connectivity index (χ0) is 45.0. The van der Waals surface area contributed by atoms with Crippen molar-refractivity contribution in [1.82, 2.24) is 0 Å². The number of rotatable bonds is 12. The largest absolute Gasteiger partial charge is 0.0651 e. The van der Waals surface area contributed by atoms with Gasteiger partial charge in [0.2, 0.25) is 0 Å². The smallest absolute Gasteiger partial charge is 0.0218 e. The molecule has 6 rings (SSSR count). The van der Waals surface area contributed by atoms with Gasteiger partial charge in [-0.05, 0) is 124 Å². The van der Waals surface area contributed by atoms with Crippen molar-refractivity contribution >= 4 is 21.7 Å². The monoisotopic (exact) mass is 833 g/mol. The lowest BCUT2D eigenvalue weighted by Crippen LogP contribution is -2.16. The maximum absolute atomic E-state index is 2.67. The highest BCUT2D eigenvalue weighted by atomic mass is 28.2.